The molecule has 0 bridgehead atoms. The van der Waals surface area contributed by atoms with Crippen molar-refractivity contribution in [1.29, 1.82) is 0 Å². The second-order valence-corrected chi connectivity index (χ2v) is 9.34. The number of fused-ring (bicyclic) bond motifs is 1. The minimum absolute atomic E-state index is 0.183. The quantitative estimate of drug-likeness (QED) is 0.359. The number of nitrogens with zero attached hydrogens (tertiary/aromatic N) is 3. The van der Waals surface area contributed by atoms with Crippen molar-refractivity contribution in [1.82, 2.24) is 4.57 Å². The molecule has 5 heteroatoms. The molecule has 0 spiro atoms. The molecule has 33 heavy (non-hydrogen) atoms. The molecule has 0 fully saturated rings. The van der Waals surface area contributed by atoms with Crippen LogP contribution in [0.1, 0.15) is 32.7 Å². The van der Waals surface area contributed by atoms with Gasteiger partial charge in [0.1, 0.15) is 0 Å². The molecular formula is C28H25N3OS. The third-order valence-corrected chi connectivity index (χ3v) is 7.25. The molecular weight excluding hydrogens is 426 g/mol. The first-order valence-corrected chi connectivity index (χ1v) is 11.7. The number of allylic oxidation sites excluding steroid dienone is 1. The summed E-state index contributed by atoms with van der Waals surface area (Å²) in [7, 11) is 0. The molecule has 0 saturated carbocycles. The lowest BCUT2D eigenvalue weighted by molar-refractivity contribution is 0.439. The molecule has 4 nitrogen and oxygen atoms in total. The monoisotopic (exact) mass is 451 g/mol. The number of benzene rings is 3. The standard InChI is InChI=1S/C28H25N3OS/c1-17-9-7-13-23(19(17)3)30-28-31(25-14-8-10-18(2)20(25)4)27(32)26(33-28)15-21-16-29-24-12-6-5-11-22(21)24/h5-16,32H,1-4H3/b21-15+,30-28?. The Balaban J connectivity index is 1.76. The van der Waals surface area contributed by atoms with Crippen LogP contribution in [0.25, 0.3) is 17.3 Å². The fourth-order valence-corrected chi connectivity index (χ4v) is 4.99. The molecule has 0 saturated heterocycles. The number of aryl methyl sites for hydroxylation is 2. The summed E-state index contributed by atoms with van der Waals surface area (Å²) in [6.45, 7) is 8.33. The summed E-state index contributed by atoms with van der Waals surface area (Å²) in [5.41, 5.74) is 9.43. The van der Waals surface area contributed by atoms with Gasteiger partial charge in [-0.05, 0) is 74.2 Å². The Kier molecular flexibility index (Phi) is 5.35. The van der Waals surface area contributed by atoms with E-state index in [9.17, 15) is 5.11 Å². The van der Waals surface area contributed by atoms with Crippen LogP contribution < -0.4 is 4.80 Å². The third kappa shape index (κ3) is 3.74. The van der Waals surface area contributed by atoms with Crippen LogP contribution in [0.3, 0.4) is 0 Å². The van der Waals surface area contributed by atoms with Crippen molar-refractivity contribution in [2.45, 2.75) is 27.7 Å². The minimum Gasteiger partial charge on any atom is -0.493 e. The van der Waals surface area contributed by atoms with Gasteiger partial charge in [-0.2, -0.15) is 0 Å². The Morgan fingerprint density at radius 3 is 2.42 bits per heavy atom. The van der Waals surface area contributed by atoms with Gasteiger partial charge < -0.3 is 5.11 Å². The van der Waals surface area contributed by atoms with Crippen LogP contribution in [0.2, 0.25) is 0 Å². The molecule has 4 aromatic rings. The molecule has 5 rings (SSSR count). The lowest BCUT2D eigenvalue weighted by Gasteiger charge is -2.11. The highest BCUT2D eigenvalue weighted by Crippen LogP contribution is 2.35. The zero-order valence-corrected chi connectivity index (χ0v) is 19.9. The SMILES string of the molecule is Cc1cccc(N=c2sc(/C=C3\C=Nc4ccccc43)c(O)n2-c2cccc(C)c2C)c1C. The Labute approximate surface area is 197 Å². The average Bonchev–Trinajstić information content (AvgIpc) is 3.35. The van der Waals surface area contributed by atoms with Crippen LogP contribution in [0.4, 0.5) is 11.4 Å². The topological polar surface area (TPSA) is 49.9 Å². The molecule has 0 radical (unpaired) electrons. The number of para-hydroxylation sites is 1. The van der Waals surface area contributed by atoms with Gasteiger partial charge >= 0.3 is 0 Å². The number of aliphatic imine (C=N–C) groups is 1. The van der Waals surface area contributed by atoms with Gasteiger partial charge in [-0.3, -0.25) is 9.56 Å². The van der Waals surface area contributed by atoms with Crippen molar-refractivity contribution in [3.63, 3.8) is 0 Å². The zero-order chi connectivity index (χ0) is 23.1. The van der Waals surface area contributed by atoms with E-state index in [4.69, 9.17) is 4.99 Å². The van der Waals surface area contributed by atoms with Gasteiger partial charge in [-0.15, -0.1) is 0 Å². The number of thiazole rings is 1. The van der Waals surface area contributed by atoms with Gasteiger partial charge in [0.15, 0.2) is 4.80 Å². The van der Waals surface area contributed by atoms with Crippen LogP contribution in [0, 0.1) is 27.7 Å². The van der Waals surface area contributed by atoms with Crippen molar-refractivity contribution in [2.24, 2.45) is 9.98 Å². The Hall–Kier alpha value is -3.70. The molecule has 2 heterocycles. The maximum Gasteiger partial charge on any atom is 0.215 e. The molecule has 0 aliphatic carbocycles. The maximum atomic E-state index is 11.4. The smallest absolute Gasteiger partial charge is 0.215 e. The van der Waals surface area contributed by atoms with E-state index >= 15 is 0 Å². The van der Waals surface area contributed by atoms with Crippen molar-refractivity contribution in [3.8, 4) is 11.6 Å². The Morgan fingerprint density at radius 1 is 0.879 bits per heavy atom. The van der Waals surface area contributed by atoms with E-state index in [1.54, 1.807) is 0 Å². The van der Waals surface area contributed by atoms with Gasteiger partial charge in [-0.25, -0.2) is 4.99 Å². The minimum atomic E-state index is 0.183. The molecule has 1 aliphatic rings. The molecule has 1 aromatic heterocycles. The second kappa shape index (κ2) is 8.34. The molecule has 1 N–H and O–H groups in total. The zero-order valence-electron chi connectivity index (χ0n) is 19.1. The summed E-state index contributed by atoms with van der Waals surface area (Å²) in [6.07, 6.45) is 3.85. The molecule has 0 atom stereocenters. The van der Waals surface area contributed by atoms with Crippen molar-refractivity contribution in [3.05, 3.63) is 98.2 Å². The van der Waals surface area contributed by atoms with Gasteiger partial charge in [0.05, 0.1) is 21.9 Å². The summed E-state index contributed by atoms with van der Waals surface area (Å²) < 4.78 is 1.86. The number of rotatable bonds is 3. The van der Waals surface area contributed by atoms with Crippen molar-refractivity contribution in [2.75, 3.05) is 0 Å². The molecule has 164 valence electrons. The van der Waals surface area contributed by atoms with E-state index in [1.807, 2.05) is 59.3 Å². The first kappa shape index (κ1) is 21.2. The van der Waals surface area contributed by atoms with Crippen LogP contribution in [0.5, 0.6) is 5.88 Å². The first-order chi connectivity index (χ1) is 15.9. The highest BCUT2D eigenvalue weighted by molar-refractivity contribution is 7.10. The van der Waals surface area contributed by atoms with Crippen LogP contribution >= 0.6 is 11.3 Å². The van der Waals surface area contributed by atoms with E-state index in [0.717, 1.165) is 49.0 Å². The van der Waals surface area contributed by atoms with Gasteiger partial charge in [0.2, 0.25) is 5.88 Å². The van der Waals surface area contributed by atoms with E-state index in [0.29, 0.717) is 0 Å². The largest absolute Gasteiger partial charge is 0.493 e. The highest BCUT2D eigenvalue weighted by atomic mass is 32.1. The highest BCUT2D eigenvalue weighted by Gasteiger charge is 2.18. The summed E-state index contributed by atoms with van der Waals surface area (Å²) in [6, 6.07) is 20.3. The fourth-order valence-electron chi connectivity index (χ4n) is 4.01. The summed E-state index contributed by atoms with van der Waals surface area (Å²) in [5.74, 6) is 0.183. The van der Waals surface area contributed by atoms with E-state index in [2.05, 4.69) is 50.9 Å². The van der Waals surface area contributed by atoms with Gasteiger partial charge in [0.25, 0.3) is 0 Å². The fraction of sp³-hybridized carbons (Fsp3) is 0.143. The number of aromatic hydroxyl groups is 1. The maximum absolute atomic E-state index is 11.4. The summed E-state index contributed by atoms with van der Waals surface area (Å²) >= 11 is 1.47. The molecule has 3 aromatic carbocycles. The molecule has 0 unspecified atom stereocenters. The molecule has 1 aliphatic heterocycles. The van der Waals surface area contributed by atoms with E-state index in [-0.39, 0.29) is 5.88 Å². The second-order valence-electron chi connectivity index (χ2n) is 8.33. The van der Waals surface area contributed by atoms with E-state index in [1.165, 1.54) is 22.5 Å². The summed E-state index contributed by atoms with van der Waals surface area (Å²) in [5, 5.41) is 11.4. The van der Waals surface area contributed by atoms with Crippen molar-refractivity contribution < 1.29 is 5.11 Å². The lowest BCUT2D eigenvalue weighted by Crippen LogP contribution is -2.13. The van der Waals surface area contributed by atoms with Crippen LogP contribution in [0.15, 0.2) is 70.6 Å². The first-order valence-electron chi connectivity index (χ1n) is 10.9. The Bertz CT molecular complexity index is 1520. The predicted octanol–water partition coefficient (Wildman–Crippen LogP) is 6.97. The predicted molar refractivity (Wildman–Crippen MR) is 138 cm³/mol. The summed E-state index contributed by atoms with van der Waals surface area (Å²) in [4.78, 5) is 11.0. The third-order valence-electron chi connectivity index (χ3n) is 6.28. The van der Waals surface area contributed by atoms with Gasteiger partial charge in [-0.1, -0.05) is 53.8 Å². The van der Waals surface area contributed by atoms with E-state index < -0.39 is 0 Å². The number of aromatic nitrogens is 1. The van der Waals surface area contributed by atoms with Gasteiger partial charge in [0, 0.05) is 17.4 Å². The average molecular weight is 452 g/mol. The number of hydrogen-bond donors (Lipinski definition) is 1. The number of hydrogen-bond acceptors (Lipinski definition) is 4. The van der Waals surface area contributed by atoms with Crippen molar-refractivity contribution >= 4 is 40.6 Å². The Morgan fingerprint density at radius 2 is 1.61 bits per heavy atom. The van der Waals surface area contributed by atoms with Crippen LogP contribution in [-0.2, 0) is 0 Å². The molecule has 0 amide bonds. The lowest BCUT2D eigenvalue weighted by atomic mass is 10.1. The normalized spacial score (nSPS) is 14.3. The van der Waals surface area contributed by atoms with Crippen LogP contribution in [-0.4, -0.2) is 15.9 Å².